The van der Waals surface area contributed by atoms with E-state index < -0.39 is 30.5 Å². The zero-order chi connectivity index (χ0) is 32.4. The number of hydrogen-bond acceptors (Lipinski definition) is 11. The molecule has 0 bridgehead atoms. The van der Waals surface area contributed by atoms with Gasteiger partial charge in [-0.15, -0.1) is 0 Å². The third-order valence-corrected chi connectivity index (χ3v) is 9.02. The summed E-state index contributed by atoms with van der Waals surface area (Å²) in [6.07, 6.45) is -1.86. The summed E-state index contributed by atoms with van der Waals surface area (Å²) in [7, 11) is 4.18. The SMILES string of the molecule is CCN(C(=O)[C@H]1O[C@@H](O)[C@H](O)[C@@H]1O)n1cnc2c(NCC(c3ccccc3)c3ccccc3)nc(NC3CCC(N(C)C)C3)nc21. The molecule has 2 unspecified atom stereocenters. The van der Waals surface area contributed by atoms with Crippen LogP contribution in [-0.2, 0) is 9.53 Å². The average Bonchev–Trinajstić information content (AvgIpc) is 3.78. The first-order chi connectivity index (χ1) is 22.2. The third-order valence-electron chi connectivity index (χ3n) is 9.02. The maximum absolute atomic E-state index is 13.6. The highest BCUT2D eigenvalue weighted by Gasteiger charge is 2.47. The predicted octanol–water partition coefficient (Wildman–Crippen LogP) is 1.89. The van der Waals surface area contributed by atoms with E-state index in [9.17, 15) is 20.1 Å². The molecule has 6 atom stereocenters. The molecule has 1 saturated carbocycles. The number of imidazole rings is 1. The van der Waals surface area contributed by atoms with Crippen LogP contribution in [0.2, 0.25) is 0 Å². The minimum absolute atomic E-state index is 0.0224. The maximum atomic E-state index is 13.6. The molecule has 0 spiro atoms. The molecule has 3 heterocycles. The lowest BCUT2D eigenvalue weighted by Gasteiger charge is -2.26. The van der Waals surface area contributed by atoms with Crippen molar-refractivity contribution in [3.63, 3.8) is 0 Å². The number of rotatable bonds is 11. The summed E-state index contributed by atoms with van der Waals surface area (Å²) < 4.78 is 6.73. The number of nitrogens with zero attached hydrogens (tertiary/aromatic N) is 6. The summed E-state index contributed by atoms with van der Waals surface area (Å²) in [6.45, 7) is 2.46. The molecule has 2 fully saturated rings. The molecule has 1 aliphatic carbocycles. The molecule has 1 saturated heterocycles. The van der Waals surface area contributed by atoms with Crippen molar-refractivity contribution in [3.8, 4) is 0 Å². The number of likely N-dealkylation sites (N-methyl/N-ethyl adjacent to an activating group) is 1. The molecule has 0 radical (unpaired) electrons. The first-order valence-corrected chi connectivity index (χ1v) is 15.8. The Bertz CT molecular complexity index is 1580. The summed E-state index contributed by atoms with van der Waals surface area (Å²) in [5.41, 5.74) is 3.14. The Balaban J connectivity index is 1.35. The molecule has 5 N–H and O–H groups in total. The molecule has 1 aliphatic heterocycles. The molecule has 2 aromatic carbocycles. The maximum Gasteiger partial charge on any atom is 0.273 e. The molecular weight excluding hydrogens is 588 g/mol. The molecule has 13 nitrogen and oxygen atoms in total. The Morgan fingerprint density at radius 2 is 1.67 bits per heavy atom. The normalized spacial score (nSPS) is 24.6. The number of carbonyl (C=O) groups excluding carboxylic acids is 1. The van der Waals surface area contributed by atoms with Gasteiger partial charge in [-0.1, -0.05) is 60.7 Å². The van der Waals surface area contributed by atoms with E-state index in [1.165, 1.54) is 16.0 Å². The van der Waals surface area contributed by atoms with Crippen LogP contribution in [0.25, 0.3) is 11.2 Å². The Kier molecular flexibility index (Phi) is 9.47. The van der Waals surface area contributed by atoms with Crippen LogP contribution in [0, 0.1) is 0 Å². The van der Waals surface area contributed by atoms with Gasteiger partial charge in [-0.25, -0.2) is 14.7 Å². The number of benzene rings is 2. The fourth-order valence-corrected chi connectivity index (χ4v) is 6.42. The van der Waals surface area contributed by atoms with Crippen molar-refractivity contribution in [2.24, 2.45) is 0 Å². The number of hydrogen-bond donors (Lipinski definition) is 5. The van der Waals surface area contributed by atoms with Crippen LogP contribution in [0.1, 0.15) is 43.2 Å². The number of aliphatic hydroxyl groups is 3. The molecule has 13 heteroatoms. The largest absolute Gasteiger partial charge is 0.387 e. The fraction of sp³-hybridized carbons (Fsp3) is 0.455. The van der Waals surface area contributed by atoms with Gasteiger partial charge in [-0.3, -0.25) is 4.79 Å². The van der Waals surface area contributed by atoms with Crippen LogP contribution < -0.4 is 15.6 Å². The van der Waals surface area contributed by atoms with Gasteiger partial charge in [0, 0.05) is 31.1 Å². The topological polar surface area (TPSA) is 161 Å². The lowest BCUT2D eigenvalue weighted by atomic mass is 9.91. The van der Waals surface area contributed by atoms with Gasteiger partial charge in [0.1, 0.15) is 18.5 Å². The molecule has 1 amide bonds. The molecule has 244 valence electrons. The third kappa shape index (κ3) is 6.42. The summed E-state index contributed by atoms with van der Waals surface area (Å²) in [5.74, 6) is 0.292. The van der Waals surface area contributed by atoms with Gasteiger partial charge in [-0.2, -0.15) is 9.97 Å². The summed E-state index contributed by atoms with van der Waals surface area (Å²) in [5, 5.41) is 38.7. The van der Waals surface area contributed by atoms with Crippen LogP contribution >= 0.6 is 0 Å². The Labute approximate surface area is 267 Å². The minimum atomic E-state index is -1.67. The van der Waals surface area contributed by atoms with Crippen molar-refractivity contribution in [1.29, 1.82) is 0 Å². The highest BCUT2D eigenvalue weighted by atomic mass is 16.6. The molecule has 4 aromatic rings. The van der Waals surface area contributed by atoms with Gasteiger partial charge >= 0.3 is 0 Å². The highest BCUT2D eigenvalue weighted by molar-refractivity contribution is 5.93. The van der Waals surface area contributed by atoms with Crippen LogP contribution in [0.5, 0.6) is 0 Å². The van der Waals surface area contributed by atoms with Crippen LogP contribution in [-0.4, -0.2) is 110 Å². The van der Waals surface area contributed by atoms with Gasteiger partial charge in [0.25, 0.3) is 5.91 Å². The second kappa shape index (κ2) is 13.7. The zero-order valence-electron chi connectivity index (χ0n) is 26.3. The fourth-order valence-electron chi connectivity index (χ4n) is 6.42. The Morgan fingerprint density at radius 3 is 2.24 bits per heavy atom. The first-order valence-electron chi connectivity index (χ1n) is 15.8. The lowest BCUT2D eigenvalue weighted by molar-refractivity contribution is -0.150. The number of fused-ring (bicyclic) bond motifs is 1. The van der Waals surface area contributed by atoms with E-state index in [1.54, 1.807) is 6.92 Å². The highest BCUT2D eigenvalue weighted by Crippen LogP contribution is 2.30. The number of aliphatic hydroxyl groups excluding tert-OH is 3. The Hall–Kier alpha value is -4.14. The van der Waals surface area contributed by atoms with Crippen LogP contribution in [0.3, 0.4) is 0 Å². The van der Waals surface area contributed by atoms with Crippen molar-refractivity contribution in [3.05, 3.63) is 78.1 Å². The number of nitrogens with one attached hydrogen (secondary N) is 2. The summed E-state index contributed by atoms with van der Waals surface area (Å²) in [4.78, 5) is 30.2. The number of ether oxygens (including phenoxy) is 1. The standard InChI is InChI=1S/C33H42N8O5/c1-4-40(31(44)28-26(42)27(43)32(45)46-28)41-19-35-25-29(37-33(38-30(25)41)36-22-15-16-23(17-22)39(2)3)34-18-24(20-11-7-5-8-12-20)21-13-9-6-10-14-21/h5-14,19,22-24,26-28,32,42-43,45H,4,15-18H2,1-3H3,(H2,34,36,37,38)/t22?,23?,26-,27+,28-,32+/m0/s1. The molecule has 2 aromatic heterocycles. The van der Waals surface area contributed by atoms with E-state index in [-0.39, 0.29) is 18.5 Å². The monoisotopic (exact) mass is 630 g/mol. The van der Waals surface area contributed by atoms with Crippen LogP contribution in [0.15, 0.2) is 67.0 Å². The van der Waals surface area contributed by atoms with Gasteiger partial charge in [0.05, 0.1) is 0 Å². The number of carbonyl (C=O) groups is 1. The number of anilines is 2. The molecule has 6 rings (SSSR count). The Morgan fingerprint density at radius 1 is 1.00 bits per heavy atom. The minimum Gasteiger partial charge on any atom is -0.387 e. The van der Waals surface area contributed by atoms with Crippen molar-refractivity contribution >= 4 is 28.8 Å². The number of aromatic nitrogens is 4. The van der Waals surface area contributed by atoms with Gasteiger partial charge < -0.3 is 35.6 Å². The smallest absolute Gasteiger partial charge is 0.273 e. The first kappa shape index (κ1) is 31.8. The number of amides is 1. The predicted molar refractivity (Wildman–Crippen MR) is 174 cm³/mol. The molecule has 2 aliphatic rings. The van der Waals surface area contributed by atoms with Gasteiger partial charge in [0.15, 0.2) is 29.4 Å². The van der Waals surface area contributed by atoms with E-state index in [4.69, 9.17) is 14.7 Å². The second-order valence-corrected chi connectivity index (χ2v) is 12.2. The molecule has 46 heavy (non-hydrogen) atoms. The second-order valence-electron chi connectivity index (χ2n) is 12.2. The van der Waals surface area contributed by atoms with Crippen molar-refractivity contribution < 1.29 is 24.9 Å². The lowest BCUT2D eigenvalue weighted by Crippen LogP contribution is -2.50. The van der Waals surface area contributed by atoms with E-state index >= 15 is 0 Å². The summed E-state index contributed by atoms with van der Waals surface area (Å²) in [6, 6.07) is 21.2. The van der Waals surface area contributed by atoms with E-state index in [0.717, 1.165) is 30.4 Å². The quantitative estimate of drug-likeness (QED) is 0.165. The van der Waals surface area contributed by atoms with Crippen molar-refractivity contribution in [2.75, 3.05) is 42.8 Å². The van der Waals surface area contributed by atoms with Gasteiger partial charge in [0.2, 0.25) is 5.95 Å². The van der Waals surface area contributed by atoms with E-state index in [0.29, 0.717) is 35.5 Å². The van der Waals surface area contributed by atoms with E-state index in [1.807, 2.05) is 36.4 Å². The van der Waals surface area contributed by atoms with Crippen LogP contribution in [0.4, 0.5) is 11.8 Å². The average molecular weight is 631 g/mol. The summed E-state index contributed by atoms with van der Waals surface area (Å²) >= 11 is 0. The zero-order valence-corrected chi connectivity index (χ0v) is 26.3. The van der Waals surface area contributed by atoms with Crippen molar-refractivity contribution in [2.45, 2.75) is 68.8 Å². The van der Waals surface area contributed by atoms with E-state index in [2.05, 4.69) is 58.9 Å². The van der Waals surface area contributed by atoms with Gasteiger partial charge in [-0.05, 0) is 51.4 Å². The van der Waals surface area contributed by atoms with Crippen molar-refractivity contribution in [1.82, 2.24) is 24.5 Å². The molecular formula is C33H42N8O5.